The summed E-state index contributed by atoms with van der Waals surface area (Å²) in [6, 6.07) is 4.19. The maximum absolute atomic E-state index is 6.09. The molecule has 4 saturated heterocycles. The molecule has 1 N–H and O–H groups in total. The van der Waals surface area contributed by atoms with Crippen molar-refractivity contribution in [3.63, 3.8) is 0 Å². The molecule has 4 bridgehead atoms. The van der Waals surface area contributed by atoms with E-state index >= 15 is 0 Å². The highest BCUT2D eigenvalue weighted by Crippen LogP contribution is 2.36. The molecular formula is C21H25N7O2. The van der Waals surface area contributed by atoms with Crippen molar-refractivity contribution in [3.8, 4) is 11.5 Å². The number of fused-ring (bicyclic) bond motifs is 5. The van der Waals surface area contributed by atoms with Crippen LogP contribution in [-0.2, 0) is 9.47 Å². The molecule has 7 heterocycles. The highest BCUT2D eigenvalue weighted by atomic mass is 16.5. The first-order valence-electron chi connectivity index (χ1n) is 11.0. The number of imidazole rings is 1. The molecule has 7 rings (SSSR count). The van der Waals surface area contributed by atoms with Crippen LogP contribution in [0.5, 0.6) is 0 Å². The summed E-state index contributed by atoms with van der Waals surface area (Å²) in [5, 5.41) is 12.2. The van der Waals surface area contributed by atoms with Crippen LogP contribution in [0.3, 0.4) is 0 Å². The van der Waals surface area contributed by atoms with Crippen LogP contribution in [0.1, 0.15) is 25.7 Å². The highest BCUT2D eigenvalue weighted by molar-refractivity contribution is 5.78. The normalized spacial score (nSPS) is 30.5. The van der Waals surface area contributed by atoms with Gasteiger partial charge in [0.15, 0.2) is 11.6 Å². The minimum Gasteiger partial charge on any atom is -0.371 e. The molecular weight excluding hydrogens is 382 g/mol. The van der Waals surface area contributed by atoms with E-state index in [-0.39, 0.29) is 0 Å². The van der Waals surface area contributed by atoms with Crippen LogP contribution in [-0.4, -0.2) is 75.4 Å². The molecule has 0 saturated carbocycles. The highest BCUT2D eigenvalue weighted by Gasteiger charge is 2.37. The lowest BCUT2D eigenvalue weighted by molar-refractivity contribution is 0.0300. The summed E-state index contributed by atoms with van der Waals surface area (Å²) in [7, 11) is 0. The predicted molar refractivity (Wildman–Crippen MR) is 111 cm³/mol. The molecule has 4 aliphatic heterocycles. The average Bonchev–Trinajstić information content (AvgIpc) is 3.55. The van der Waals surface area contributed by atoms with Crippen molar-refractivity contribution in [2.45, 2.75) is 50.1 Å². The Kier molecular flexibility index (Phi) is 3.65. The van der Waals surface area contributed by atoms with Gasteiger partial charge < -0.3 is 19.3 Å². The summed E-state index contributed by atoms with van der Waals surface area (Å²) in [4.78, 5) is 9.57. The van der Waals surface area contributed by atoms with E-state index in [2.05, 4.69) is 26.1 Å². The van der Waals surface area contributed by atoms with Crippen molar-refractivity contribution < 1.29 is 9.47 Å². The molecule has 4 atom stereocenters. The summed E-state index contributed by atoms with van der Waals surface area (Å²) in [6.45, 7) is 3.65. The molecule has 4 unspecified atom stereocenters. The second-order valence-electron chi connectivity index (χ2n) is 8.96. The van der Waals surface area contributed by atoms with Crippen molar-refractivity contribution in [1.29, 1.82) is 0 Å². The molecule has 3 aromatic heterocycles. The van der Waals surface area contributed by atoms with E-state index in [4.69, 9.17) is 19.6 Å². The average molecular weight is 407 g/mol. The van der Waals surface area contributed by atoms with Crippen LogP contribution in [0.4, 0.5) is 11.5 Å². The molecule has 0 aliphatic carbocycles. The predicted octanol–water partition coefficient (Wildman–Crippen LogP) is 1.85. The molecule has 4 fully saturated rings. The molecule has 0 radical (unpaired) electrons. The topological polar surface area (TPSA) is 83.8 Å². The maximum Gasteiger partial charge on any atom is 0.179 e. The summed E-state index contributed by atoms with van der Waals surface area (Å²) in [5.41, 5.74) is 3.09. The summed E-state index contributed by atoms with van der Waals surface area (Å²) < 4.78 is 14.1. The number of nitrogens with zero attached hydrogens (tertiary/aromatic N) is 6. The molecule has 0 aromatic carbocycles. The van der Waals surface area contributed by atoms with Crippen molar-refractivity contribution in [2.75, 3.05) is 36.0 Å². The van der Waals surface area contributed by atoms with E-state index in [1.165, 1.54) is 5.69 Å². The fraction of sp³-hybridized carbons (Fsp3) is 0.571. The zero-order chi connectivity index (χ0) is 19.7. The lowest BCUT2D eigenvalue weighted by Crippen LogP contribution is -2.44. The number of morpholine rings is 2. The maximum atomic E-state index is 6.09. The van der Waals surface area contributed by atoms with Crippen molar-refractivity contribution in [3.05, 3.63) is 24.5 Å². The lowest BCUT2D eigenvalue weighted by Gasteiger charge is -2.36. The smallest absolute Gasteiger partial charge is 0.179 e. The second kappa shape index (κ2) is 6.42. The number of hydrogen-bond acceptors (Lipinski definition) is 7. The van der Waals surface area contributed by atoms with E-state index < -0.39 is 0 Å². The van der Waals surface area contributed by atoms with Gasteiger partial charge in [0.2, 0.25) is 0 Å². The van der Waals surface area contributed by atoms with Crippen LogP contribution >= 0.6 is 0 Å². The van der Waals surface area contributed by atoms with Crippen molar-refractivity contribution in [2.24, 2.45) is 0 Å². The van der Waals surface area contributed by atoms with Crippen molar-refractivity contribution >= 4 is 17.0 Å². The number of aromatic amines is 1. The summed E-state index contributed by atoms with van der Waals surface area (Å²) in [6.07, 6.45) is 9.58. The van der Waals surface area contributed by atoms with Gasteiger partial charge in [0.1, 0.15) is 11.2 Å². The molecule has 30 heavy (non-hydrogen) atoms. The van der Waals surface area contributed by atoms with E-state index in [0.29, 0.717) is 24.4 Å². The molecule has 3 aromatic rings. The first-order valence-corrected chi connectivity index (χ1v) is 11.0. The Labute approximate surface area is 174 Å². The van der Waals surface area contributed by atoms with Gasteiger partial charge in [0, 0.05) is 38.4 Å². The van der Waals surface area contributed by atoms with Gasteiger partial charge in [-0.3, -0.25) is 5.10 Å². The SMILES string of the molecule is c1cc(-c2ncc3c(N4CC5CCC(C4)O5)cc(N4CC5CCC(C4)O5)nn23)[nH]n1. The Morgan fingerprint density at radius 3 is 2.20 bits per heavy atom. The zero-order valence-electron chi connectivity index (χ0n) is 16.8. The van der Waals surface area contributed by atoms with E-state index in [0.717, 1.165) is 74.7 Å². The van der Waals surface area contributed by atoms with Gasteiger partial charge in [-0.05, 0) is 31.7 Å². The first-order chi connectivity index (χ1) is 14.8. The molecule has 9 nitrogen and oxygen atoms in total. The minimum atomic E-state index is 0.318. The van der Waals surface area contributed by atoms with Crippen LogP contribution in [0.2, 0.25) is 0 Å². The number of hydrogen-bond donors (Lipinski definition) is 1. The fourth-order valence-corrected chi connectivity index (χ4v) is 5.53. The summed E-state index contributed by atoms with van der Waals surface area (Å²) in [5.74, 6) is 1.79. The molecule has 0 spiro atoms. The largest absolute Gasteiger partial charge is 0.371 e. The van der Waals surface area contributed by atoms with Gasteiger partial charge >= 0.3 is 0 Å². The molecule has 0 amide bonds. The van der Waals surface area contributed by atoms with Gasteiger partial charge in [-0.15, -0.1) is 5.10 Å². The van der Waals surface area contributed by atoms with Crippen LogP contribution in [0, 0.1) is 0 Å². The third-order valence-corrected chi connectivity index (χ3v) is 6.96. The quantitative estimate of drug-likeness (QED) is 0.709. The molecule has 4 aliphatic rings. The Balaban J connectivity index is 1.36. The number of ether oxygens (including phenoxy) is 2. The Hall–Kier alpha value is -2.65. The van der Waals surface area contributed by atoms with Gasteiger partial charge in [-0.25, -0.2) is 9.50 Å². The number of nitrogens with one attached hydrogen (secondary N) is 1. The third kappa shape index (κ3) is 2.65. The van der Waals surface area contributed by atoms with E-state index in [9.17, 15) is 0 Å². The molecule has 156 valence electrons. The second-order valence-corrected chi connectivity index (χ2v) is 8.96. The Morgan fingerprint density at radius 1 is 0.900 bits per heavy atom. The van der Waals surface area contributed by atoms with Crippen LogP contribution < -0.4 is 9.80 Å². The number of rotatable bonds is 3. The van der Waals surface area contributed by atoms with Gasteiger partial charge in [0.25, 0.3) is 0 Å². The monoisotopic (exact) mass is 407 g/mol. The fourth-order valence-electron chi connectivity index (χ4n) is 5.53. The Morgan fingerprint density at radius 2 is 1.57 bits per heavy atom. The first kappa shape index (κ1) is 17.1. The number of aromatic nitrogens is 5. The standard InChI is InChI=1S/C21H25N7O2/c1-2-14-10-26(9-13(1)29-14)18-7-20(27-11-15-3-4-16(12-27)30-15)25-28-19(18)8-22-21(28)17-5-6-23-24-17/h5-8,13-16H,1-4,9-12H2,(H,23,24). The van der Waals surface area contributed by atoms with Crippen LogP contribution in [0.25, 0.3) is 17.0 Å². The van der Waals surface area contributed by atoms with Gasteiger partial charge in [-0.1, -0.05) is 0 Å². The zero-order valence-corrected chi connectivity index (χ0v) is 16.8. The van der Waals surface area contributed by atoms with Gasteiger partial charge in [0.05, 0.1) is 36.3 Å². The van der Waals surface area contributed by atoms with Crippen LogP contribution in [0.15, 0.2) is 24.5 Å². The molecule has 9 heteroatoms. The van der Waals surface area contributed by atoms with E-state index in [1.807, 2.05) is 16.8 Å². The number of H-pyrrole nitrogens is 1. The third-order valence-electron chi connectivity index (χ3n) is 6.96. The van der Waals surface area contributed by atoms with Crippen molar-refractivity contribution in [1.82, 2.24) is 24.8 Å². The number of anilines is 2. The van der Waals surface area contributed by atoms with E-state index in [1.54, 1.807) is 6.20 Å². The summed E-state index contributed by atoms with van der Waals surface area (Å²) >= 11 is 0. The Bertz CT molecular complexity index is 1060. The van der Waals surface area contributed by atoms with Gasteiger partial charge in [-0.2, -0.15) is 5.10 Å². The lowest BCUT2D eigenvalue weighted by atomic mass is 10.2. The minimum absolute atomic E-state index is 0.318.